The van der Waals surface area contributed by atoms with E-state index in [0.29, 0.717) is 12.1 Å². The van der Waals surface area contributed by atoms with Crippen molar-refractivity contribution in [2.45, 2.75) is 169 Å². The molecule has 0 spiro atoms. The number of aliphatic carboxylic acids is 2. The van der Waals surface area contributed by atoms with Crippen molar-refractivity contribution in [3.05, 3.63) is 27.7 Å². The summed E-state index contributed by atoms with van der Waals surface area (Å²) in [5, 5.41) is 21.4. The molecule has 320 valence electrons. The summed E-state index contributed by atoms with van der Waals surface area (Å²) in [5.41, 5.74) is 0. The molecule has 5 saturated heterocycles. The number of hydrogen-bond acceptors (Lipinski definition) is 7. The fourth-order valence-electron chi connectivity index (χ4n) is 7.05. The Morgan fingerprint density at radius 3 is 1.15 bits per heavy atom. The largest absolute Gasteiger partial charge is 2.00 e. The first-order valence-corrected chi connectivity index (χ1v) is 19.6. The molecule has 5 heterocycles. The van der Waals surface area contributed by atoms with Crippen molar-refractivity contribution in [3.8, 4) is 0 Å². The number of carboxylic acids is 2. The van der Waals surface area contributed by atoms with Crippen LogP contribution in [0.2, 0.25) is 0 Å². The second-order valence-electron chi connectivity index (χ2n) is 14.7. The number of nitrogens with one attached hydrogen (secondary N) is 2. The predicted octanol–water partition coefficient (Wildman–Crippen LogP) is 6.20. The zero-order valence-electron chi connectivity index (χ0n) is 35.5. The van der Waals surface area contributed by atoms with E-state index in [2.05, 4.69) is 44.7 Å². The van der Waals surface area contributed by atoms with Gasteiger partial charge in [0, 0.05) is 66.3 Å². The average molecular weight is 1120 g/mol. The minimum absolute atomic E-state index is 0. The number of carboxylic acid groups (broad SMARTS) is 2. The summed E-state index contributed by atoms with van der Waals surface area (Å²) in [6.45, 7) is 24.3. The van der Waals surface area contributed by atoms with Gasteiger partial charge < -0.3 is 56.8 Å². The second kappa shape index (κ2) is 35.8. The second-order valence-corrected chi connectivity index (χ2v) is 14.7. The van der Waals surface area contributed by atoms with Gasteiger partial charge in [-0.15, -0.1) is 6.04 Å². The van der Waals surface area contributed by atoms with Crippen molar-refractivity contribution >= 4 is 29.7 Å². The van der Waals surface area contributed by atoms with Crippen LogP contribution in [0.15, 0.2) is 0 Å². The summed E-state index contributed by atoms with van der Waals surface area (Å²) in [7, 11) is 0. The number of hydrogen-bond donors (Lipinski definition) is 4. The SMILES string of the molecule is CC(=O)N1CCCC1C.CC(=O)N1CCCC1[CH-]C1CCCN1C(C)=O.CC(=O)O.CC(=O)O.CC1CCCN1.[CH2-]C1CCCC1.[CH2-]C1CCCN1.[CH3-].[W+2].[W+2]. The maximum absolute atomic E-state index is 11.5. The Bertz CT molecular complexity index is 940. The number of likely N-dealkylation sites (tertiary alicyclic amines) is 3. The van der Waals surface area contributed by atoms with Gasteiger partial charge >= 0.3 is 42.1 Å². The van der Waals surface area contributed by atoms with Crippen molar-refractivity contribution in [2.75, 3.05) is 32.7 Å². The number of rotatable bonds is 2. The molecule has 0 radical (unpaired) electrons. The van der Waals surface area contributed by atoms with Gasteiger partial charge in [0.05, 0.1) is 0 Å². The predicted molar refractivity (Wildman–Crippen MR) is 215 cm³/mol. The Hall–Kier alpha value is -1.35. The van der Waals surface area contributed by atoms with Crippen LogP contribution in [-0.4, -0.2) is 118 Å². The monoisotopic (exact) mass is 1120 g/mol. The van der Waals surface area contributed by atoms with Crippen molar-refractivity contribution in [3.63, 3.8) is 0 Å². The topological polar surface area (TPSA) is 160 Å². The summed E-state index contributed by atoms with van der Waals surface area (Å²) in [4.78, 5) is 57.5. The van der Waals surface area contributed by atoms with Crippen molar-refractivity contribution < 1.29 is 76.3 Å². The first-order valence-electron chi connectivity index (χ1n) is 19.6. The molecule has 5 aliphatic heterocycles. The third-order valence-electron chi connectivity index (χ3n) is 9.75. The molecule has 12 nitrogen and oxygen atoms in total. The van der Waals surface area contributed by atoms with Gasteiger partial charge in [-0.25, -0.2) is 0 Å². The molecule has 0 bridgehead atoms. The molecule has 5 unspecified atom stereocenters. The molecule has 3 amide bonds. The van der Waals surface area contributed by atoms with Crippen LogP contribution >= 0.6 is 0 Å². The van der Waals surface area contributed by atoms with Gasteiger partial charge in [0.15, 0.2) is 0 Å². The van der Waals surface area contributed by atoms with E-state index >= 15 is 0 Å². The van der Waals surface area contributed by atoms with Gasteiger partial charge in [0.2, 0.25) is 17.7 Å². The van der Waals surface area contributed by atoms with Gasteiger partial charge in [-0.3, -0.25) is 30.4 Å². The van der Waals surface area contributed by atoms with E-state index in [9.17, 15) is 14.4 Å². The van der Waals surface area contributed by atoms with Crippen LogP contribution in [0.5, 0.6) is 0 Å². The van der Waals surface area contributed by atoms with Crippen LogP contribution in [0.4, 0.5) is 0 Å². The van der Waals surface area contributed by atoms with Crippen LogP contribution in [0, 0.1) is 33.6 Å². The standard InChI is InChI=1S/C13H21N2O2.C7H13NO.C6H11.C5H11N.C5H10N.2C2H4O2.CH3.2W/c1-10(16)14-7-3-5-12(14)9-13-6-4-8-15(13)11(2)17;1-6-4-3-5-8(6)7(2)9;1-6-4-2-3-5-6;2*1-5-3-2-4-6-5;2*1-2(3)4;;;/h9,12-13H,3-8H2,1-2H3;6H,3-5H2,1-2H3;6H,1-5H2;5-6H,2-4H2,1H3;5-6H,1-4H2;2*1H3,(H,3,4);1H3;;/q-1;;-1;;-1;;;-1;2*+2. The molecule has 6 aliphatic rings. The molecule has 14 heteroatoms. The van der Waals surface area contributed by atoms with Crippen LogP contribution in [0.25, 0.3) is 0 Å². The number of nitrogens with zero attached hydrogens (tertiary/aromatic N) is 3. The van der Waals surface area contributed by atoms with Crippen molar-refractivity contribution in [1.82, 2.24) is 25.3 Å². The molecule has 4 N–H and O–H groups in total. The van der Waals surface area contributed by atoms with Crippen LogP contribution in [-0.2, 0) is 66.1 Å². The fourth-order valence-corrected chi connectivity index (χ4v) is 7.05. The number of carbonyl (C=O) groups excluding carboxylic acids is 3. The number of carbonyl (C=O) groups is 5. The summed E-state index contributed by atoms with van der Waals surface area (Å²) in [6, 6.07) is 2.30. The van der Waals surface area contributed by atoms with E-state index in [4.69, 9.17) is 19.8 Å². The quantitative estimate of drug-likeness (QED) is 0.237. The van der Waals surface area contributed by atoms with E-state index < -0.39 is 11.9 Å². The van der Waals surface area contributed by atoms with Gasteiger partial charge in [0.1, 0.15) is 0 Å². The Kier molecular flexibility index (Phi) is 39.2. The Balaban J connectivity index is -0.000000294. The molecule has 1 aliphatic carbocycles. The molecule has 55 heavy (non-hydrogen) atoms. The van der Waals surface area contributed by atoms with Gasteiger partial charge in [-0.1, -0.05) is 57.0 Å². The molecule has 6 fully saturated rings. The van der Waals surface area contributed by atoms with Crippen molar-refractivity contribution in [2.24, 2.45) is 5.92 Å². The van der Waals surface area contributed by atoms with Gasteiger partial charge in [-0.2, -0.15) is 5.92 Å². The first kappa shape index (κ1) is 60.3. The molecular weight excluding hydrogens is 1040 g/mol. The third-order valence-corrected chi connectivity index (χ3v) is 9.75. The fraction of sp³-hybridized carbons (Fsp3) is 0.780. The third kappa shape index (κ3) is 31.3. The first-order chi connectivity index (χ1) is 24.5. The van der Waals surface area contributed by atoms with E-state index in [1.807, 2.05) is 14.7 Å². The zero-order chi connectivity index (χ0) is 39.6. The molecule has 1 saturated carbocycles. The zero-order valence-corrected chi connectivity index (χ0v) is 41.4. The van der Waals surface area contributed by atoms with Crippen LogP contribution < -0.4 is 10.6 Å². The van der Waals surface area contributed by atoms with E-state index in [-0.39, 0.29) is 79.4 Å². The summed E-state index contributed by atoms with van der Waals surface area (Å²) in [6.07, 6.45) is 19.7. The molecular formula is C41H77N5O7W2. The van der Waals surface area contributed by atoms with Gasteiger partial charge in [-0.05, 0) is 71.9 Å². The van der Waals surface area contributed by atoms with E-state index in [1.54, 1.807) is 20.8 Å². The maximum Gasteiger partial charge on any atom is 2.00 e. The minimum atomic E-state index is -0.833. The minimum Gasteiger partial charge on any atom is -0.481 e. The molecule has 5 atom stereocenters. The Morgan fingerprint density at radius 1 is 0.564 bits per heavy atom. The normalized spacial score (nSPS) is 24.5. The van der Waals surface area contributed by atoms with Crippen molar-refractivity contribution in [1.29, 1.82) is 0 Å². The van der Waals surface area contributed by atoms with E-state index in [1.165, 1.54) is 77.3 Å². The number of amides is 3. The molecule has 0 aromatic heterocycles. The maximum atomic E-state index is 11.5. The summed E-state index contributed by atoms with van der Waals surface area (Å²) >= 11 is 0. The molecule has 0 aromatic carbocycles. The molecule has 0 aromatic rings. The summed E-state index contributed by atoms with van der Waals surface area (Å²) in [5.74, 6) is -0.350. The Morgan fingerprint density at radius 2 is 0.945 bits per heavy atom. The smallest absolute Gasteiger partial charge is 0.481 e. The van der Waals surface area contributed by atoms with Gasteiger partial charge in [0.25, 0.3) is 11.9 Å². The van der Waals surface area contributed by atoms with Crippen LogP contribution in [0.3, 0.4) is 0 Å². The summed E-state index contributed by atoms with van der Waals surface area (Å²) < 4.78 is 0. The average Bonchev–Trinajstić information content (AvgIpc) is 3.89. The van der Waals surface area contributed by atoms with E-state index in [0.717, 1.165) is 71.1 Å². The van der Waals surface area contributed by atoms with Crippen LogP contribution in [0.1, 0.15) is 138 Å². The Labute approximate surface area is 364 Å². The molecule has 6 rings (SSSR count).